The molecule has 0 aliphatic rings. The lowest BCUT2D eigenvalue weighted by Crippen LogP contribution is -2.16. The third-order valence-electron chi connectivity index (χ3n) is 5.52. The minimum Gasteiger partial charge on any atom is -0.389 e. The largest absolute Gasteiger partial charge is 0.389 e. The standard InChI is InChI=1S/C26H21FN4O4/c1-15-16(2)30-23(17(3)29-15)12-25(33)35-26(34)19-6-4-18(5-7-19)22-13-28-31(24(22)14-32)21-10-8-20(27)9-11-21/h4-11,13-14H,12H2,1-3H3. The zero-order valence-electron chi connectivity index (χ0n) is 19.3. The molecule has 0 amide bonds. The van der Waals surface area contributed by atoms with Gasteiger partial charge in [0.25, 0.3) is 0 Å². The third-order valence-corrected chi connectivity index (χ3v) is 5.52. The van der Waals surface area contributed by atoms with E-state index in [1.165, 1.54) is 47.3 Å². The predicted octanol–water partition coefficient (Wildman–Crippen LogP) is 4.13. The van der Waals surface area contributed by atoms with E-state index >= 15 is 0 Å². The topological polar surface area (TPSA) is 104 Å². The van der Waals surface area contributed by atoms with Crippen molar-refractivity contribution in [2.24, 2.45) is 0 Å². The van der Waals surface area contributed by atoms with Gasteiger partial charge in [0.2, 0.25) is 0 Å². The molecule has 9 heteroatoms. The summed E-state index contributed by atoms with van der Waals surface area (Å²) >= 11 is 0. The predicted molar refractivity (Wildman–Crippen MR) is 125 cm³/mol. The quantitative estimate of drug-likeness (QED) is 0.236. The summed E-state index contributed by atoms with van der Waals surface area (Å²) in [4.78, 5) is 45.2. The Balaban J connectivity index is 1.49. The molecule has 2 heterocycles. The summed E-state index contributed by atoms with van der Waals surface area (Å²) in [5.74, 6) is -1.93. The first-order valence-corrected chi connectivity index (χ1v) is 10.7. The molecule has 8 nitrogen and oxygen atoms in total. The van der Waals surface area contributed by atoms with E-state index in [1.807, 2.05) is 6.92 Å². The van der Waals surface area contributed by atoms with Crippen LogP contribution in [0.4, 0.5) is 4.39 Å². The zero-order chi connectivity index (χ0) is 25.1. The molecule has 2 aromatic carbocycles. The molecular formula is C26H21FN4O4. The monoisotopic (exact) mass is 472 g/mol. The highest BCUT2D eigenvalue weighted by Crippen LogP contribution is 2.25. The van der Waals surface area contributed by atoms with Gasteiger partial charge in [0.05, 0.1) is 46.6 Å². The van der Waals surface area contributed by atoms with Gasteiger partial charge >= 0.3 is 11.9 Å². The van der Waals surface area contributed by atoms with Crippen LogP contribution in [-0.4, -0.2) is 38.0 Å². The van der Waals surface area contributed by atoms with E-state index in [9.17, 15) is 18.8 Å². The first-order valence-electron chi connectivity index (χ1n) is 10.7. The van der Waals surface area contributed by atoms with Crippen LogP contribution in [0.5, 0.6) is 0 Å². The SMILES string of the molecule is Cc1nc(C)c(CC(=O)OC(=O)c2ccc(-c3cnn(-c4ccc(F)cc4)c3C=O)cc2)nc1C. The molecule has 0 spiro atoms. The second kappa shape index (κ2) is 9.76. The molecule has 0 N–H and O–H groups in total. The van der Waals surface area contributed by atoms with Gasteiger partial charge in [0, 0.05) is 5.56 Å². The molecule has 0 bridgehead atoms. The lowest BCUT2D eigenvalue weighted by atomic mass is 10.0. The normalized spacial score (nSPS) is 10.7. The van der Waals surface area contributed by atoms with Crippen LogP contribution < -0.4 is 0 Å². The first-order chi connectivity index (χ1) is 16.8. The minimum atomic E-state index is -0.798. The van der Waals surface area contributed by atoms with E-state index in [1.54, 1.807) is 26.0 Å². The smallest absolute Gasteiger partial charge is 0.345 e. The highest BCUT2D eigenvalue weighted by molar-refractivity contribution is 5.97. The lowest BCUT2D eigenvalue weighted by molar-refractivity contribution is -0.137. The second-order valence-electron chi connectivity index (χ2n) is 7.89. The van der Waals surface area contributed by atoms with Crippen LogP contribution >= 0.6 is 0 Å². The van der Waals surface area contributed by atoms with Crippen LogP contribution in [0.25, 0.3) is 16.8 Å². The number of nitrogens with zero attached hydrogens (tertiary/aromatic N) is 4. The van der Waals surface area contributed by atoms with E-state index in [0.29, 0.717) is 40.2 Å². The minimum absolute atomic E-state index is 0.170. The summed E-state index contributed by atoms with van der Waals surface area (Å²) in [6.07, 6.45) is 2.00. The Morgan fingerprint density at radius 1 is 0.943 bits per heavy atom. The maximum atomic E-state index is 13.2. The Bertz CT molecular complexity index is 1430. The van der Waals surface area contributed by atoms with Crippen molar-refractivity contribution in [2.75, 3.05) is 0 Å². The van der Waals surface area contributed by atoms with Gasteiger partial charge in [-0.3, -0.25) is 19.6 Å². The van der Waals surface area contributed by atoms with Crippen molar-refractivity contribution in [1.82, 2.24) is 19.7 Å². The number of benzene rings is 2. The number of hydrogen-bond donors (Lipinski definition) is 0. The Morgan fingerprint density at radius 2 is 1.60 bits per heavy atom. The molecule has 0 saturated carbocycles. The molecule has 2 aromatic heterocycles. The zero-order valence-corrected chi connectivity index (χ0v) is 19.3. The van der Waals surface area contributed by atoms with Crippen LogP contribution in [0.1, 0.15) is 43.6 Å². The summed E-state index contributed by atoms with van der Waals surface area (Å²) in [6, 6.07) is 11.8. The summed E-state index contributed by atoms with van der Waals surface area (Å²) in [6.45, 7) is 5.37. The summed E-state index contributed by atoms with van der Waals surface area (Å²) < 4.78 is 19.6. The molecule has 176 valence electrons. The molecule has 35 heavy (non-hydrogen) atoms. The van der Waals surface area contributed by atoms with Gasteiger partial charge in [-0.1, -0.05) is 12.1 Å². The van der Waals surface area contributed by atoms with Crippen LogP contribution in [-0.2, 0) is 16.0 Å². The van der Waals surface area contributed by atoms with Gasteiger partial charge in [-0.25, -0.2) is 13.9 Å². The Hall–Kier alpha value is -4.53. The molecule has 0 fully saturated rings. The third kappa shape index (κ3) is 5.03. The summed E-state index contributed by atoms with van der Waals surface area (Å²) in [7, 11) is 0. The molecule has 0 unspecified atom stereocenters. The molecule has 0 aliphatic carbocycles. The van der Waals surface area contributed by atoms with Crippen LogP contribution in [0, 0.1) is 26.6 Å². The number of carbonyl (C=O) groups excluding carboxylic acids is 3. The van der Waals surface area contributed by atoms with Crippen molar-refractivity contribution in [3.8, 4) is 16.8 Å². The van der Waals surface area contributed by atoms with Crippen molar-refractivity contribution in [3.63, 3.8) is 0 Å². The molecular weight excluding hydrogens is 451 g/mol. The first kappa shape index (κ1) is 23.6. The number of aldehydes is 1. The van der Waals surface area contributed by atoms with Gasteiger partial charge in [-0.15, -0.1) is 0 Å². The molecule has 4 rings (SSSR count). The summed E-state index contributed by atoms with van der Waals surface area (Å²) in [5.41, 5.74) is 4.68. The van der Waals surface area contributed by atoms with Crippen LogP contribution in [0.3, 0.4) is 0 Å². The van der Waals surface area contributed by atoms with Gasteiger partial charge < -0.3 is 4.74 Å². The molecule has 0 saturated heterocycles. The number of aromatic nitrogens is 4. The van der Waals surface area contributed by atoms with E-state index in [2.05, 4.69) is 15.1 Å². The Morgan fingerprint density at radius 3 is 2.26 bits per heavy atom. The van der Waals surface area contributed by atoms with Crippen molar-refractivity contribution < 1.29 is 23.5 Å². The summed E-state index contributed by atoms with van der Waals surface area (Å²) in [5, 5.41) is 4.23. The van der Waals surface area contributed by atoms with Crippen molar-refractivity contribution in [1.29, 1.82) is 0 Å². The highest BCUT2D eigenvalue weighted by atomic mass is 19.1. The number of carbonyl (C=O) groups is 3. The van der Waals surface area contributed by atoms with Crippen molar-refractivity contribution >= 4 is 18.2 Å². The van der Waals surface area contributed by atoms with E-state index in [-0.39, 0.29) is 17.7 Å². The maximum Gasteiger partial charge on any atom is 0.345 e. The van der Waals surface area contributed by atoms with Gasteiger partial charge in [0.15, 0.2) is 6.29 Å². The van der Waals surface area contributed by atoms with E-state index in [4.69, 9.17) is 4.74 Å². The lowest BCUT2D eigenvalue weighted by Gasteiger charge is -2.08. The fourth-order valence-electron chi connectivity index (χ4n) is 3.53. The average Bonchev–Trinajstić information content (AvgIpc) is 3.27. The Kier molecular flexibility index (Phi) is 6.59. The fraction of sp³-hybridized carbons (Fsp3) is 0.154. The van der Waals surface area contributed by atoms with Crippen molar-refractivity contribution in [2.45, 2.75) is 27.2 Å². The van der Waals surface area contributed by atoms with Crippen LogP contribution in [0.2, 0.25) is 0 Å². The Labute approximate surface area is 200 Å². The molecule has 0 radical (unpaired) electrons. The van der Waals surface area contributed by atoms with Crippen molar-refractivity contribution in [3.05, 3.63) is 94.6 Å². The fourth-order valence-corrected chi connectivity index (χ4v) is 3.53. The second-order valence-corrected chi connectivity index (χ2v) is 7.89. The number of esters is 2. The highest BCUT2D eigenvalue weighted by Gasteiger charge is 2.18. The molecule has 4 aromatic rings. The van der Waals surface area contributed by atoms with Gasteiger partial charge in [-0.2, -0.15) is 5.10 Å². The van der Waals surface area contributed by atoms with Gasteiger partial charge in [-0.05, 0) is 62.7 Å². The number of aryl methyl sites for hydroxylation is 3. The van der Waals surface area contributed by atoms with E-state index < -0.39 is 17.8 Å². The number of rotatable bonds is 6. The number of halogens is 1. The van der Waals surface area contributed by atoms with E-state index in [0.717, 1.165) is 5.69 Å². The van der Waals surface area contributed by atoms with Crippen LogP contribution in [0.15, 0.2) is 54.7 Å². The average molecular weight is 472 g/mol. The molecule has 0 aliphatic heterocycles. The maximum absolute atomic E-state index is 13.2. The molecule has 0 atom stereocenters. The number of hydrogen-bond acceptors (Lipinski definition) is 7. The number of ether oxygens (including phenoxy) is 1. The van der Waals surface area contributed by atoms with Gasteiger partial charge in [0.1, 0.15) is 11.5 Å².